The molecule has 1 amide bonds. The van der Waals surface area contributed by atoms with Gasteiger partial charge in [-0.25, -0.2) is 0 Å². The van der Waals surface area contributed by atoms with Gasteiger partial charge in [0, 0.05) is 25.0 Å². The molecule has 2 aliphatic rings. The number of amides is 1. The molecule has 2 unspecified atom stereocenters. The van der Waals surface area contributed by atoms with Gasteiger partial charge in [-0.05, 0) is 35.8 Å². The molecule has 2 N–H and O–H groups in total. The van der Waals surface area contributed by atoms with E-state index in [4.69, 9.17) is 0 Å². The Morgan fingerprint density at radius 1 is 1.25 bits per heavy atom. The van der Waals surface area contributed by atoms with Gasteiger partial charge in [-0.15, -0.1) is 0 Å². The molecule has 1 heterocycles. The third-order valence-electron chi connectivity index (χ3n) is 4.83. The molecular weight excluding hydrogens is 248 g/mol. The largest absolute Gasteiger partial charge is 0.355 e. The minimum atomic E-state index is 0.188. The minimum absolute atomic E-state index is 0.188. The van der Waals surface area contributed by atoms with E-state index in [0.29, 0.717) is 18.5 Å². The molecule has 0 spiro atoms. The fraction of sp³-hybridized carbons (Fsp3) is 0.588. The van der Waals surface area contributed by atoms with Gasteiger partial charge in [0.15, 0.2) is 0 Å². The molecule has 0 radical (unpaired) electrons. The van der Waals surface area contributed by atoms with Crippen molar-refractivity contribution in [2.24, 2.45) is 0 Å². The molecule has 3 heteroatoms. The first kappa shape index (κ1) is 13.6. The van der Waals surface area contributed by atoms with Gasteiger partial charge < -0.3 is 10.6 Å². The lowest BCUT2D eigenvalue weighted by atomic mass is 9.71. The Morgan fingerprint density at radius 3 is 2.80 bits per heavy atom. The van der Waals surface area contributed by atoms with Crippen molar-refractivity contribution >= 4 is 5.91 Å². The maximum Gasteiger partial charge on any atom is 0.220 e. The molecule has 1 saturated heterocycles. The van der Waals surface area contributed by atoms with Gasteiger partial charge in [-0.2, -0.15) is 0 Å². The van der Waals surface area contributed by atoms with Gasteiger partial charge >= 0.3 is 0 Å². The lowest BCUT2D eigenvalue weighted by molar-refractivity contribution is -0.122. The normalized spacial score (nSPS) is 28.6. The van der Waals surface area contributed by atoms with Crippen molar-refractivity contribution in [1.29, 1.82) is 0 Å². The van der Waals surface area contributed by atoms with E-state index in [9.17, 15) is 4.79 Å². The quantitative estimate of drug-likeness (QED) is 0.869. The predicted octanol–water partition coefficient (Wildman–Crippen LogP) is 2.67. The van der Waals surface area contributed by atoms with Gasteiger partial charge in [0.25, 0.3) is 0 Å². The van der Waals surface area contributed by atoms with Crippen LogP contribution in [0.2, 0.25) is 0 Å². The van der Waals surface area contributed by atoms with Crippen LogP contribution in [0.25, 0.3) is 0 Å². The molecule has 2 atom stereocenters. The van der Waals surface area contributed by atoms with Gasteiger partial charge in [0.1, 0.15) is 0 Å². The van der Waals surface area contributed by atoms with Crippen LogP contribution in [0.15, 0.2) is 24.3 Å². The Labute approximate surface area is 121 Å². The summed E-state index contributed by atoms with van der Waals surface area (Å²) in [6.07, 6.45) is 3.99. The molecule has 0 bridgehead atoms. The lowest BCUT2D eigenvalue weighted by Crippen LogP contribution is -2.47. The maximum atomic E-state index is 11.2. The van der Waals surface area contributed by atoms with Crippen LogP contribution in [-0.2, 0) is 10.2 Å². The number of nitrogens with one attached hydrogen (secondary N) is 2. The first-order valence-electron chi connectivity index (χ1n) is 7.68. The zero-order valence-corrected chi connectivity index (χ0v) is 12.4. The van der Waals surface area contributed by atoms with E-state index in [0.717, 1.165) is 13.0 Å². The van der Waals surface area contributed by atoms with Crippen LogP contribution in [0.4, 0.5) is 0 Å². The summed E-state index contributed by atoms with van der Waals surface area (Å²) in [7, 11) is 0. The molecule has 3 rings (SSSR count). The van der Waals surface area contributed by atoms with Crippen LogP contribution >= 0.6 is 0 Å². The summed E-state index contributed by atoms with van der Waals surface area (Å²) in [4.78, 5) is 11.2. The monoisotopic (exact) mass is 272 g/mol. The Balaban J connectivity index is 1.77. The van der Waals surface area contributed by atoms with E-state index in [1.807, 2.05) is 0 Å². The Kier molecular flexibility index (Phi) is 3.55. The third kappa shape index (κ3) is 2.59. The number of benzene rings is 1. The summed E-state index contributed by atoms with van der Waals surface area (Å²) in [6.45, 7) is 5.44. The first-order valence-corrected chi connectivity index (χ1v) is 7.68. The Morgan fingerprint density at radius 2 is 2.05 bits per heavy atom. The molecule has 20 heavy (non-hydrogen) atoms. The zero-order valence-electron chi connectivity index (χ0n) is 12.4. The van der Waals surface area contributed by atoms with Gasteiger partial charge in [0.05, 0.1) is 0 Å². The standard InChI is InChI=1S/C17H24N2O/c1-17(2)10-9-15(13-5-3-4-6-14(13)17)19-12-7-8-16(20)18-11-12/h3-6,12,15,19H,7-11H2,1-2H3,(H,18,20). The fourth-order valence-corrected chi connectivity index (χ4v) is 3.55. The number of piperidine rings is 1. The smallest absolute Gasteiger partial charge is 0.220 e. The van der Waals surface area contributed by atoms with Crippen molar-refractivity contribution in [3.8, 4) is 0 Å². The molecule has 0 saturated carbocycles. The maximum absolute atomic E-state index is 11.2. The summed E-state index contributed by atoms with van der Waals surface area (Å²) in [6, 6.07) is 9.65. The number of rotatable bonds is 2. The number of carbonyl (C=O) groups is 1. The van der Waals surface area contributed by atoms with E-state index in [2.05, 4.69) is 48.7 Å². The molecular formula is C17H24N2O. The summed E-state index contributed by atoms with van der Waals surface area (Å²) >= 11 is 0. The van der Waals surface area contributed by atoms with Crippen molar-refractivity contribution in [3.05, 3.63) is 35.4 Å². The average molecular weight is 272 g/mol. The van der Waals surface area contributed by atoms with Gasteiger partial charge in [-0.1, -0.05) is 38.1 Å². The Bertz CT molecular complexity index is 499. The summed E-state index contributed by atoms with van der Waals surface area (Å²) in [5.41, 5.74) is 3.19. The fourth-order valence-electron chi connectivity index (χ4n) is 3.55. The molecule has 3 nitrogen and oxygen atoms in total. The molecule has 1 fully saturated rings. The second-order valence-electron chi connectivity index (χ2n) is 6.77. The molecule has 1 aromatic carbocycles. The van der Waals surface area contributed by atoms with Crippen LogP contribution in [0.5, 0.6) is 0 Å². The third-order valence-corrected chi connectivity index (χ3v) is 4.83. The summed E-state index contributed by atoms with van der Waals surface area (Å²) in [5.74, 6) is 0.188. The van der Waals surface area contributed by atoms with E-state index >= 15 is 0 Å². The second-order valence-corrected chi connectivity index (χ2v) is 6.77. The number of hydrogen-bond acceptors (Lipinski definition) is 2. The molecule has 1 aromatic rings. The zero-order chi connectivity index (χ0) is 14.2. The molecule has 108 valence electrons. The molecule has 1 aliphatic carbocycles. The first-order chi connectivity index (χ1) is 9.56. The van der Waals surface area contributed by atoms with E-state index < -0.39 is 0 Å². The number of hydrogen-bond donors (Lipinski definition) is 2. The van der Waals surface area contributed by atoms with Crippen molar-refractivity contribution in [2.75, 3.05) is 6.54 Å². The van der Waals surface area contributed by atoms with Crippen LogP contribution < -0.4 is 10.6 Å². The lowest BCUT2D eigenvalue weighted by Gasteiger charge is -2.39. The van der Waals surface area contributed by atoms with Crippen LogP contribution in [0, 0.1) is 0 Å². The van der Waals surface area contributed by atoms with E-state index in [-0.39, 0.29) is 11.3 Å². The second kappa shape index (κ2) is 5.21. The van der Waals surface area contributed by atoms with E-state index in [1.54, 1.807) is 0 Å². The van der Waals surface area contributed by atoms with Crippen LogP contribution in [0.1, 0.15) is 56.7 Å². The van der Waals surface area contributed by atoms with Gasteiger partial charge in [0.2, 0.25) is 5.91 Å². The topological polar surface area (TPSA) is 41.1 Å². The van der Waals surface area contributed by atoms with Crippen molar-refractivity contribution in [3.63, 3.8) is 0 Å². The van der Waals surface area contributed by atoms with Crippen molar-refractivity contribution < 1.29 is 4.79 Å². The van der Waals surface area contributed by atoms with Crippen LogP contribution in [-0.4, -0.2) is 18.5 Å². The SMILES string of the molecule is CC1(C)CCC(NC2CCC(=O)NC2)c2ccccc21. The highest BCUT2D eigenvalue weighted by Crippen LogP contribution is 2.41. The van der Waals surface area contributed by atoms with E-state index in [1.165, 1.54) is 24.0 Å². The molecule has 1 aliphatic heterocycles. The average Bonchev–Trinajstić information content (AvgIpc) is 2.45. The number of carbonyl (C=O) groups excluding carboxylic acids is 1. The minimum Gasteiger partial charge on any atom is -0.355 e. The highest BCUT2D eigenvalue weighted by molar-refractivity contribution is 5.76. The van der Waals surface area contributed by atoms with Gasteiger partial charge in [-0.3, -0.25) is 4.79 Å². The highest BCUT2D eigenvalue weighted by atomic mass is 16.1. The van der Waals surface area contributed by atoms with Crippen molar-refractivity contribution in [2.45, 2.75) is 57.0 Å². The summed E-state index contributed by atoms with van der Waals surface area (Å²) < 4.78 is 0. The van der Waals surface area contributed by atoms with Crippen molar-refractivity contribution in [1.82, 2.24) is 10.6 Å². The number of fused-ring (bicyclic) bond motifs is 1. The Hall–Kier alpha value is -1.35. The highest BCUT2D eigenvalue weighted by Gasteiger charge is 2.33. The predicted molar refractivity (Wildman–Crippen MR) is 80.6 cm³/mol. The van der Waals surface area contributed by atoms with Crippen LogP contribution in [0.3, 0.4) is 0 Å². The summed E-state index contributed by atoms with van der Waals surface area (Å²) in [5, 5.41) is 6.72. The molecule has 0 aromatic heterocycles.